The van der Waals surface area contributed by atoms with Crippen LogP contribution in [0, 0.1) is 20.8 Å². The highest BCUT2D eigenvalue weighted by molar-refractivity contribution is 5.76. The molecule has 0 aromatic heterocycles. The Hall–Kier alpha value is -2.05. The Labute approximate surface area is 154 Å². The topological polar surface area (TPSA) is 110 Å². The molecule has 5 N–H and O–H groups in total. The predicted octanol–water partition coefficient (Wildman–Crippen LogP) is 2.21. The van der Waals surface area contributed by atoms with E-state index in [1.165, 1.54) is 6.08 Å². The highest BCUT2D eigenvalue weighted by Crippen LogP contribution is 2.37. The van der Waals surface area contributed by atoms with E-state index in [9.17, 15) is 25.2 Å². The van der Waals surface area contributed by atoms with Crippen LogP contribution >= 0.6 is 0 Å². The molecule has 6 nitrogen and oxygen atoms in total. The van der Waals surface area contributed by atoms with Crippen molar-refractivity contribution in [3.63, 3.8) is 0 Å². The Morgan fingerprint density at radius 2 is 1.73 bits per heavy atom. The Morgan fingerprint density at radius 1 is 1.15 bits per heavy atom. The van der Waals surface area contributed by atoms with Gasteiger partial charge in [0.1, 0.15) is 11.5 Å². The molecular weight excluding hydrogens is 334 g/mol. The van der Waals surface area contributed by atoms with Crippen LogP contribution in [0.2, 0.25) is 0 Å². The zero-order valence-corrected chi connectivity index (χ0v) is 15.9. The first-order chi connectivity index (χ1) is 12.0. The molecule has 1 aromatic rings. The maximum Gasteiger partial charge on any atom is 0.220 e. The molecule has 1 aliphatic carbocycles. The number of nitrogens with one attached hydrogen (secondary N) is 1. The van der Waals surface area contributed by atoms with Crippen LogP contribution in [0.15, 0.2) is 6.08 Å². The van der Waals surface area contributed by atoms with Crippen LogP contribution in [-0.2, 0) is 4.79 Å². The molecule has 0 heterocycles. The lowest BCUT2D eigenvalue weighted by Crippen LogP contribution is -2.34. The van der Waals surface area contributed by atoms with Gasteiger partial charge in [-0.1, -0.05) is 12.2 Å². The largest absolute Gasteiger partial charge is 0.507 e. The fourth-order valence-corrected chi connectivity index (χ4v) is 2.73. The third-order valence-corrected chi connectivity index (χ3v) is 5.20. The molecule has 144 valence electrons. The quantitative estimate of drug-likeness (QED) is 0.477. The van der Waals surface area contributed by atoms with Gasteiger partial charge in [-0.05, 0) is 58.1 Å². The molecule has 0 saturated heterocycles. The number of benzene rings is 1. The second-order valence-electron chi connectivity index (χ2n) is 7.68. The minimum absolute atomic E-state index is 0.0697. The van der Waals surface area contributed by atoms with Crippen molar-refractivity contribution in [2.24, 2.45) is 0 Å². The number of rotatable bonds is 7. The van der Waals surface area contributed by atoms with Crippen molar-refractivity contribution in [2.45, 2.75) is 64.6 Å². The summed E-state index contributed by atoms with van der Waals surface area (Å²) < 4.78 is 0. The highest BCUT2D eigenvalue weighted by atomic mass is 16.3. The summed E-state index contributed by atoms with van der Waals surface area (Å²) in [5, 5.41) is 43.3. The van der Waals surface area contributed by atoms with E-state index in [1.807, 2.05) is 0 Å². The summed E-state index contributed by atoms with van der Waals surface area (Å²) in [5.74, 6) is -0.0286. The third-order valence-electron chi connectivity index (χ3n) is 5.20. The summed E-state index contributed by atoms with van der Waals surface area (Å²) in [6.45, 7) is 6.98. The Kier molecular flexibility index (Phi) is 5.68. The molecule has 1 amide bonds. The molecular formula is C20H29NO5. The first-order valence-electron chi connectivity index (χ1n) is 8.88. The van der Waals surface area contributed by atoms with Crippen molar-refractivity contribution < 1.29 is 25.2 Å². The molecule has 0 spiro atoms. The molecule has 1 aromatic carbocycles. The van der Waals surface area contributed by atoms with Crippen LogP contribution in [-0.4, -0.2) is 44.1 Å². The standard InChI is InChI=1S/C20H29NO5/c1-12-13(2)18(24)15(14(3)17(12)23)5-7-19(4,25)8-6-16(22)21-11-20(26)9-10-20/h5,7,23-26H,6,8-11H2,1-4H3,(H,21,22)/b7-5+. The minimum Gasteiger partial charge on any atom is -0.507 e. The monoisotopic (exact) mass is 363 g/mol. The van der Waals surface area contributed by atoms with E-state index in [2.05, 4.69) is 5.32 Å². The highest BCUT2D eigenvalue weighted by Gasteiger charge is 2.40. The molecule has 1 unspecified atom stereocenters. The van der Waals surface area contributed by atoms with Gasteiger partial charge in [-0.2, -0.15) is 0 Å². The molecule has 1 atom stereocenters. The maximum absolute atomic E-state index is 11.8. The Morgan fingerprint density at radius 3 is 2.31 bits per heavy atom. The van der Waals surface area contributed by atoms with Gasteiger partial charge in [0.05, 0.1) is 11.2 Å². The second-order valence-corrected chi connectivity index (χ2v) is 7.68. The van der Waals surface area contributed by atoms with Crippen molar-refractivity contribution in [2.75, 3.05) is 6.54 Å². The lowest BCUT2D eigenvalue weighted by atomic mass is 9.94. The Bertz CT molecular complexity index is 703. The van der Waals surface area contributed by atoms with Crippen molar-refractivity contribution in [1.29, 1.82) is 0 Å². The van der Waals surface area contributed by atoms with Gasteiger partial charge in [0.15, 0.2) is 0 Å². The third kappa shape index (κ3) is 4.77. The average molecular weight is 363 g/mol. The van der Waals surface area contributed by atoms with Crippen molar-refractivity contribution in [1.82, 2.24) is 5.32 Å². The molecule has 6 heteroatoms. The van der Waals surface area contributed by atoms with Crippen molar-refractivity contribution in [3.8, 4) is 11.5 Å². The average Bonchev–Trinajstić information content (AvgIpc) is 3.32. The van der Waals surface area contributed by atoms with Crippen LogP contribution in [0.5, 0.6) is 11.5 Å². The summed E-state index contributed by atoms with van der Waals surface area (Å²) in [4.78, 5) is 11.8. The first-order valence-corrected chi connectivity index (χ1v) is 8.88. The van der Waals surface area contributed by atoms with Gasteiger partial charge >= 0.3 is 0 Å². The molecule has 0 aliphatic heterocycles. The van der Waals surface area contributed by atoms with Gasteiger partial charge in [-0.25, -0.2) is 0 Å². The molecule has 0 radical (unpaired) electrons. The second kappa shape index (κ2) is 7.29. The molecule has 1 aliphatic rings. The van der Waals surface area contributed by atoms with Crippen LogP contribution in [0.3, 0.4) is 0 Å². The molecule has 26 heavy (non-hydrogen) atoms. The minimum atomic E-state index is -1.25. The van der Waals surface area contributed by atoms with Gasteiger partial charge in [0, 0.05) is 24.1 Å². The first kappa shape index (κ1) is 20.3. The molecule has 0 bridgehead atoms. The number of phenols is 2. The molecule has 2 rings (SSSR count). The number of hydrogen-bond acceptors (Lipinski definition) is 5. The number of carbonyl (C=O) groups is 1. The summed E-state index contributed by atoms with van der Waals surface area (Å²) in [7, 11) is 0. The number of aromatic hydroxyl groups is 2. The van der Waals surface area contributed by atoms with Gasteiger partial charge in [-0.15, -0.1) is 0 Å². The Balaban J connectivity index is 2.01. The van der Waals surface area contributed by atoms with E-state index in [1.54, 1.807) is 33.8 Å². The van der Waals surface area contributed by atoms with E-state index >= 15 is 0 Å². The van der Waals surface area contributed by atoms with Crippen LogP contribution in [0.4, 0.5) is 0 Å². The number of aliphatic hydroxyl groups is 2. The van der Waals surface area contributed by atoms with Gasteiger partial charge in [0.25, 0.3) is 0 Å². The number of amides is 1. The summed E-state index contributed by atoms with van der Waals surface area (Å²) in [6, 6.07) is 0. The van der Waals surface area contributed by atoms with E-state index in [0.717, 1.165) is 0 Å². The van der Waals surface area contributed by atoms with E-state index in [4.69, 9.17) is 0 Å². The fourth-order valence-electron chi connectivity index (χ4n) is 2.73. The number of hydrogen-bond donors (Lipinski definition) is 5. The maximum atomic E-state index is 11.8. The van der Waals surface area contributed by atoms with E-state index in [0.29, 0.717) is 35.1 Å². The summed E-state index contributed by atoms with van der Waals surface area (Å²) in [6.07, 6.45) is 4.83. The van der Waals surface area contributed by atoms with Crippen LogP contribution in [0.25, 0.3) is 6.08 Å². The van der Waals surface area contributed by atoms with Gasteiger partial charge < -0.3 is 25.7 Å². The van der Waals surface area contributed by atoms with Crippen molar-refractivity contribution >= 4 is 12.0 Å². The normalized spacial score (nSPS) is 17.9. The van der Waals surface area contributed by atoms with Gasteiger partial charge in [-0.3, -0.25) is 4.79 Å². The van der Waals surface area contributed by atoms with E-state index in [-0.39, 0.29) is 36.8 Å². The molecule has 1 saturated carbocycles. The summed E-state index contributed by atoms with van der Waals surface area (Å²) >= 11 is 0. The fraction of sp³-hybridized carbons (Fsp3) is 0.550. The zero-order valence-electron chi connectivity index (χ0n) is 15.9. The van der Waals surface area contributed by atoms with Gasteiger partial charge in [0.2, 0.25) is 5.91 Å². The lowest BCUT2D eigenvalue weighted by Gasteiger charge is -2.20. The predicted molar refractivity (Wildman–Crippen MR) is 100 cm³/mol. The number of carbonyl (C=O) groups excluding carboxylic acids is 1. The SMILES string of the molecule is Cc1c(C)c(O)c(/C=C/C(C)(O)CCC(=O)NCC2(O)CC2)c(C)c1O. The lowest BCUT2D eigenvalue weighted by molar-refractivity contribution is -0.122. The molecule has 1 fully saturated rings. The van der Waals surface area contributed by atoms with Crippen LogP contribution < -0.4 is 5.32 Å². The number of phenolic OH excluding ortho intramolecular Hbond substituents is 2. The van der Waals surface area contributed by atoms with Crippen LogP contribution in [0.1, 0.15) is 54.9 Å². The summed E-state index contributed by atoms with van der Waals surface area (Å²) in [5.41, 5.74) is 0.210. The smallest absolute Gasteiger partial charge is 0.220 e. The van der Waals surface area contributed by atoms with Crippen molar-refractivity contribution in [3.05, 3.63) is 28.3 Å². The zero-order chi connectivity index (χ0) is 19.7. The van der Waals surface area contributed by atoms with E-state index < -0.39 is 11.2 Å².